The number of aliphatic imine (C=N–C) groups is 1. The van der Waals surface area contributed by atoms with Crippen LogP contribution in [0.4, 0.5) is 0 Å². The van der Waals surface area contributed by atoms with Crippen LogP contribution in [0.3, 0.4) is 0 Å². The van der Waals surface area contributed by atoms with Crippen molar-refractivity contribution in [3.63, 3.8) is 0 Å². The van der Waals surface area contributed by atoms with E-state index in [1.807, 2.05) is 7.05 Å². The number of guanidine groups is 1. The lowest BCUT2D eigenvalue weighted by Gasteiger charge is -2.38. The molecule has 0 aromatic carbocycles. The Kier molecular flexibility index (Phi) is 9.83. The van der Waals surface area contributed by atoms with Crippen molar-refractivity contribution in [1.29, 1.82) is 0 Å². The van der Waals surface area contributed by atoms with E-state index in [0.717, 1.165) is 69.9 Å². The number of halogens is 1. The Labute approximate surface area is 179 Å². The van der Waals surface area contributed by atoms with Gasteiger partial charge in [0.05, 0.1) is 0 Å². The van der Waals surface area contributed by atoms with Crippen LogP contribution >= 0.6 is 35.7 Å². The monoisotopic (exact) mass is 495 g/mol. The second kappa shape index (κ2) is 11.6. The van der Waals surface area contributed by atoms with Crippen LogP contribution in [0.25, 0.3) is 0 Å². The van der Waals surface area contributed by atoms with Crippen molar-refractivity contribution in [3.8, 4) is 0 Å². The Hall–Kier alpha value is -0.220. The molecule has 2 aliphatic heterocycles. The molecule has 0 aromatic rings. The topological polar surface area (TPSA) is 60.0 Å². The molecule has 0 radical (unpaired) electrons. The number of piperazine rings is 1. The summed E-state index contributed by atoms with van der Waals surface area (Å²) in [6.07, 6.45) is 6.11. The Bertz CT molecular complexity index is 460. The van der Waals surface area contributed by atoms with E-state index in [4.69, 9.17) is 0 Å². The van der Waals surface area contributed by atoms with Crippen LogP contribution in [0.15, 0.2) is 4.99 Å². The fourth-order valence-electron chi connectivity index (χ4n) is 3.67. The zero-order valence-corrected chi connectivity index (χ0v) is 19.1. The van der Waals surface area contributed by atoms with E-state index in [1.165, 1.54) is 25.0 Å². The normalized spacial score (nSPS) is 24.7. The predicted molar refractivity (Wildman–Crippen MR) is 121 cm³/mol. The highest BCUT2D eigenvalue weighted by Crippen LogP contribution is 2.28. The van der Waals surface area contributed by atoms with Gasteiger partial charge in [-0.05, 0) is 31.4 Å². The number of amides is 1. The highest BCUT2D eigenvalue weighted by atomic mass is 127. The predicted octanol–water partition coefficient (Wildman–Crippen LogP) is 1.61. The summed E-state index contributed by atoms with van der Waals surface area (Å²) in [5.41, 5.74) is 0. The molecule has 6 nitrogen and oxygen atoms in total. The van der Waals surface area contributed by atoms with Crippen LogP contribution in [0.5, 0.6) is 0 Å². The second-order valence-electron chi connectivity index (χ2n) is 7.31. The molecular weight excluding hydrogens is 461 g/mol. The zero-order chi connectivity index (χ0) is 17.5. The first kappa shape index (κ1) is 22.1. The number of hydrogen-bond acceptors (Lipinski definition) is 4. The van der Waals surface area contributed by atoms with E-state index in [2.05, 4.69) is 37.2 Å². The van der Waals surface area contributed by atoms with Crippen LogP contribution in [0.2, 0.25) is 0 Å². The van der Waals surface area contributed by atoms with Gasteiger partial charge in [0.25, 0.3) is 0 Å². The maximum atomic E-state index is 12.3. The summed E-state index contributed by atoms with van der Waals surface area (Å²) < 4.78 is 0. The summed E-state index contributed by atoms with van der Waals surface area (Å²) in [6, 6.07) is 0. The lowest BCUT2D eigenvalue weighted by Crippen LogP contribution is -2.52. The van der Waals surface area contributed by atoms with Crippen molar-refractivity contribution in [2.75, 3.05) is 58.6 Å². The van der Waals surface area contributed by atoms with Gasteiger partial charge in [-0.3, -0.25) is 14.7 Å². The fourth-order valence-corrected chi connectivity index (χ4v) is 4.88. The molecule has 0 spiro atoms. The first-order valence-electron chi connectivity index (χ1n) is 9.83. The molecule has 3 rings (SSSR count). The zero-order valence-electron chi connectivity index (χ0n) is 15.9. The van der Waals surface area contributed by atoms with Gasteiger partial charge in [-0.15, -0.1) is 24.0 Å². The van der Waals surface area contributed by atoms with Crippen LogP contribution in [0, 0.1) is 5.92 Å². The Morgan fingerprint density at radius 3 is 2.46 bits per heavy atom. The highest BCUT2D eigenvalue weighted by molar-refractivity contribution is 14.0. The van der Waals surface area contributed by atoms with Crippen molar-refractivity contribution in [3.05, 3.63) is 0 Å². The van der Waals surface area contributed by atoms with Gasteiger partial charge in [0.1, 0.15) is 0 Å². The third kappa shape index (κ3) is 6.44. The smallest absolute Gasteiger partial charge is 0.225 e. The molecule has 1 amide bonds. The van der Waals surface area contributed by atoms with Gasteiger partial charge in [0.2, 0.25) is 5.91 Å². The average molecular weight is 495 g/mol. The van der Waals surface area contributed by atoms with Crippen molar-refractivity contribution in [2.45, 2.75) is 37.4 Å². The van der Waals surface area contributed by atoms with E-state index in [9.17, 15) is 4.79 Å². The van der Waals surface area contributed by atoms with E-state index in [-0.39, 0.29) is 24.0 Å². The summed E-state index contributed by atoms with van der Waals surface area (Å²) in [4.78, 5) is 21.1. The molecule has 26 heavy (non-hydrogen) atoms. The molecule has 2 heterocycles. The van der Waals surface area contributed by atoms with E-state index in [1.54, 1.807) is 0 Å². The molecule has 3 aliphatic rings. The van der Waals surface area contributed by atoms with Gasteiger partial charge in [-0.25, -0.2) is 0 Å². The molecule has 0 bridgehead atoms. The van der Waals surface area contributed by atoms with Gasteiger partial charge in [0, 0.05) is 64.0 Å². The van der Waals surface area contributed by atoms with Crippen molar-refractivity contribution in [1.82, 2.24) is 20.4 Å². The van der Waals surface area contributed by atoms with Gasteiger partial charge >= 0.3 is 0 Å². The molecular formula is C18H34IN5OS. The Morgan fingerprint density at radius 2 is 1.88 bits per heavy atom. The second-order valence-corrected chi connectivity index (χ2v) is 8.72. The minimum Gasteiger partial charge on any atom is -0.355 e. The van der Waals surface area contributed by atoms with Crippen molar-refractivity contribution in [2.24, 2.45) is 10.9 Å². The number of nitrogens with zero attached hydrogens (tertiary/aromatic N) is 3. The highest BCUT2D eigenvalue weighted by Gasteiger charge is 2.31. The largest absolute Gasteiger partial charge is 0.355 e. The lowest BCUT2D eigenvalue weighted by atomic mass is 9.84. The Balaban J connectivity index is 0.00000243. The Morgan fingerprint density at radius 1 is 1.12 bits per heavy atom. The minimum atomic E-state index is 0. The van der Waals surface area contributed by atoms with Crippen molar-refractivity contribution < 1.29 is 4.79 Å². The first-order chi connectivity index (χ1) is 12.3. The van der Waals surface area contributed by atoms with Crippen LogP contribution < -0.4 is 10.6 Å². The molecule has 3 fully saturated rings. The van der Waals surface area contributed by atoms with E-state index < -0.39 is 0 Å². The maximum Gasteiger partial charge on any atom is 0.225 e. The lowest BCUT2D eigenvalue weighted by molar-refractivity contribution is -0.139. The maximum absolute atomic E-state index is 12.3. The van der Waals surface area contributed by atoms with E-state index >= 15 is 0 Å². The summed E-state index contributed by atoms with van der Waals surface area (Å²) in [7, 11) is 1.84. The number of carbonyl (C=O) groups excluding carboxylic acids is 1. The number of nitrogens with one attached hydrogen (secondary N) is 2. The minimum absolute atomic E-state index is 0. The number of thioether (sulfide) groups is 1. The summed E-state index contributed by atoms with van der Waals surface area (Å²) >= 11 is 2.07. The molecule has 2 N–H and O–H groups in total. The number of hydrogen-bond donors (Lipinski definition) is 2. The standard InChI is InChI=1S/C18H33N5OS.HI/c1-19-18(21-14-16-6-3-13-25-16)20-7-8-22-9-11-23(12-10-22)17(24)15-4-2-5-15;/h15-16H,2-14H2,1H3,(H2,19,20,21);1H. The third-order valence-corrected chi connectivity index (χ3v) is 7.00. The van der Waals surface area contributed by atoms with E-state index in [0.29, 0.717) is 11.8 Å². The third-order valence-electron chi connectivity index (χ3n) is 5.60. The van der Waals surface area contributed by atoms with Gasteiger partial charge < -0.3 is 15.5 Å². The molecule has 1 atom stereocenters. The first-order valence-corrected chi connectivity index (χ1v) is 10.9. The number of carbonyl (C=O) groups is 1. The van der Waals surface area contributed by atoms with Gasteiger partial charge in [-0.2, -0.15) is 11.8 Å². The number of rotatable bonds is 6. The van der Waals surface area contributed by atoms with Crippen LogP contribution in [-0.2, 0) is 4.79 Å². The molecule has 8 heteroatoms. The SMILES string of the molecule is CN=C(NCCN1CCN(C(=O)C2CCC2)CC1)NCC1CCCS1.I. The molecule has 150 valence electrons. The molecule has 1 unspecified atom stereocenters. The molecule has 1 aliphatic carbocycles. The molecule has 2 saturated heterocycles. The average Bonchev–Trinajstić information content (AvgIpc) is 3.10. The fraction of sp³-hybridized carbons (Fsp3) is 0.889. The van der Waals surface area contributed by atoms with Crippen LogP contribution in [-0.4, -0.2) is 85.5 Å². The van der Waals surface area contributed by atoms with Gasteiger partial charge in [-0.1, -0.05) is 6.42 Å². The van der Waals surface area contributed by atoms with Crippen molar-refractivity contribution >= 4 is 47.6 Å². The van der Waals surface area contributed by atoms with Gasteiger partial charge in [0.15, 0.2) is 5.96 Å². The summed E-state index contributed by atoms with van der Waals surface area (Å²) in [5, 5.41) is 7.60. The van der Waals surface area contributed by atoms with Crippen LogP contribution in [0.1, 0.15) is 32.1 Å². The molecule has 0 aromatic heterocycles. The summed E-state index contributed by atoms with van der Waals surface area (Å²) in [5.74, 6) is 2.94. The molecule has 1 saturated carbocycles. The summed E-state index contributed by atoms with van der Waals surface area (Å²) in [6.45, 7) is 6.67. The quantitative estimate of drug-likeness (QED) is 0.333.